The molecule has 0 aromatic carbocycles. The van der Waals surface area contributed by atoms with E-state index in [2.05, 4.69) is 13.8 Å². The third kappa shape index (κ3) is 2.76. The molecule has 3 nitrogen and oxygen atoms in total. The van der Waals surface area contributed by atoms with Crippen molar-refractivity contribution in [3.63, 3.8) is 0 Å². The smallest absolute Gasteiger partial charge is 0.147 e. The molecule has 0 aliphatic carbocycles. The van der Waals surface area contributed by atoms with Gasteiger partial charge in [-0.05, 0) is 39.5 Å². The fourth-order valence-electron chi connectivity index (χ4n) is 2.36. The summed E-state index contributed by atoms with van der Waals surface area (Å²) in [5, 5.41) is 13.6. The third-order valence-corrected chi connectivity index (χ3v) is 3.46. The topological polar surface area (TPSA) is 32.4 Å². The molecule has 1 saturated heterocycles. The number of hydrogen-bond donors (Lipinski definition) is 0. The van der Waals surface area contributed by atoms with E-state index < -0.39 is 5.72 Å². The number of nitrogens with zero attached hydrogens (tertiary/aromatic N) is 1. The Morgan fingerprint density at radius 1 is 1.12 bits per heavy atom. The molecule has 1 heterocycles. The van der Waals surface area contributed by atoms with Crippen LogP contribution in [-0.2, 0) is 9.94 Å². The Labute approximate surface area is 99.7 Å². The second-order valence-electron chi connectivity index (χ2n) is 5.55. The van der Waals surface area contributed by atoms with Gasteiger partial charge < -0.3 is 4.74 Å². The van der Waals surface area contributed by atoms with Gasteiger partial charge >= 0.3 is 0 Å². The maximum atomic E-state index is 12.4. The van der Waals surface area contributed by atoms with Gasteiger partial charge in [-0.15, -0.1) is 10.3 Å². The van der Waals surface area contributed by atoms with Crippen LogP contribution >= 0.6 is 0 Å². The molecule has 1 fully saturated rings. The molecule has 0 spiro atoms. The first-order valence-electron chi connectivity index (χ1n) is 6.60. The van der Waals surface area contributed by atoms with Gasteiger partial charge in [0.1, 0.15) is 5.72 Å². The zero-order chi connectivity index (χ0) is 12.2. The summed E-state index contributed by atoms with van der Waals surface area (Å²) in [4.78, 5) is 0. The van der Waals surface area contributed by atoms with Crippen molar-refractivity contribution in [3.8, 4) is 0 Å². The lowest BCUT2D eigenvalue weighted by atomic mass is 9.97. The van der Waals surface area contributed by atoms with Gasteiger partial charge in [-0.1, -0.05) is 26.7 Å². The van der Waals surface area contributed by atoms with E-state index in [1.54, 1.807) is 0 Å². The summed E-state index contributed by atoms with van der Waals surface area (Å²) in [6, 6.07) is 0. The fraction of sp³-hybridized carbons (Fsp3) is 1.00. The quantitative estimate of drug-likeness (QED) is 0.696. The Morgan fingerprint density at radius 3 is 1.94 bits per heavy atom. The largest absolute Gasteiger partial charge is 0.356 e. The average molecular weight is 228 g/mol. The molecule has 1 aliphatic rings. The predicted molar refractivity (Wildman–Crippen MR) is 64.3 cm³/mol. The Bertz CT molecular complexity index is 208. The highest BCUT2D eigenvalue weighted by Crippen LogP contribution is 2.40. The van der Waals surface area contributed by atoms with Crippen LogP contribution in [0.3, 0.4) is 0 Å². The SMILES string of the molecule is CCCCC1(CCCC)OCC(C)(C)N1[O]. The van der Waals surface area contributed by atoms with E-state index in [1.165, 1.54) is 5.06 Å². The number of hydroxylamine groups is 2. The monoisotopic (exact) mass is 228 g/mol. The zero-order valence-electron chi connectivity index (χ0n) is 11.2. The minimum Gasteiger partial charge on any atom is -0.356 e. The van der Waals surface area contributed by atoms with Crippen LogP contribution in [0.2, 0.25) is 0 Å². The molecule has 3 heteroatoms. The summed E-state index contributed by atoms with van der Waals surface area (Å²) >= 11 is 0. The normalized spacial score (nSPS) is 23.8. The number of ether oxygens (including phenoxy) is 1. The summed E-state index contributed by atoms with van der Waals surface area (Å²) in [5.74, 6) is 0. The van der Waals surface area contributed by atoms with Crippen molar-refractivity contribution >= 4 is 0 Å². The molecule has 0 bridgehead atoms. The summed E-state index contributed by atoms with van der Waals surface area (Å²) in [6.07, 6.45) is 6.11. The molecule has 95 valence electrons. The molecule has 0 aromatic rings. The molecule has 0 amide bonds. The van der Waals surface area contributed by atoms with Crippen LogP contribution in [-0.4, -0.2) is 22.9 Å². The van der Waals surface area contributed by atoms with Crippen LogP contribution in [0.5, 0.6) is 0 Å². The lowest BCUT2D eigenvalue weighted by Crippen LogP contribution is -2.49. The minimum absolute atomic E-state index is 0.360. The fourth-order valence-corrected chi connectivity index (χ4v) is 2.36. The number of unbranched alkanes of at least 4 members (excludes halogenated alkanes) is 2. The van der Waals surface area contributed by atoms with Gasteiger partial charge in [0.2, 0.25) is 0 Å². The zero-order valence-corrected chi connectivity index (χ0v) is 11.2. The lowest BCUT2D eigenvalue weighted by Gasteiger charge is -2.35. The summed E-state index contributed by atoms with van der Waals surface area (Å²) in [7, 11) is 0. The molecule has 1 radical (unpaired) electrons. The molecule has 0 unspecified atom stereocenters. The highest BCUT2D eigenvalue weighted by atomic mass is 16.6. The first kappa shape index (κ1) is 13.9. The van der Waals surface area contributed by atoms with Gasteiger partial charge in [-0.25, -0.2) is 0 Å². The first-order valence-corrected chi connectivity index (χ1v) is 6.60. The Kier molecular flexibility index (Phi) is 4.77. The van der Waals surface area contributed by atoms with Crippen LogP contribution in [0.25, 0.3) is 0 Å². The van der Waals surface area contributed by atoms with E-state index in [4.69, 9.17) is 4.74 Å². The van der Waals surface area contributed by atoms with Crippen LogP contribution in [0.4, 0.5) is 0 Å². The van der Waals surface area contributed by atoms with Crippen LogP contribution < -0.4 is 0 Å². The maximum absolute atomic E-state index is 12.4. The van der Waals surface area contributed by atoms with E-state index in [0.717, 1.165) is 38.5 Å². The predicted octanol–water partition coefficient (Wildman–Crippen LogP) is 3.52. The molecule has 0 N–H and O–H groups in total. The van der Waals surface area contributed by atoms with Crippen molar-refractivity contribution in [2.45, 2.75) is 77.5 Å². The van der Waals surface area contributed by atoms with E-state index in [9.17, 15) is 5.21 Å². The van der Waals surface area contributed by atoms with E-state index >= 15 is 0 Å². The summed E-state index contributed by atoms with van der Waals surface area (Å²) in [6.45, 7) is 8.81. The van der Waals surface area contributed by atoms with Gasteiger partial charge in [0, 0.05) is 0 Å². The minimum atomic E-state index is -0.532. The molecular formula is C13H26NO2. The van der Waals surface area contributed by atoms with E-state index in [-0.39, 0.29) is 5.54 Å². The van der Waals surface area contributed by atoms with Crippen LogP contribution in [0.1, 0.15) is 66.2 Å². The van der Waals surface area contributed by atoms with Gasteiger partial charge in [0.25, 0.3) is 0 Å². The standard InChI is InChI=1S/C13H26NO2/c1-5-7-9-13(10-8-6-2)14(15)12(3,4)11-16-13/h5-11H2,1-4H3. The average Bonchev–Trinajstić information content (AvgIpc) is 2.48. The van der Waals surface area contributed by atoms with Crippen molar-refractivity contribution in [2.75, 3.05) is 6.61 Å². The summed E-state index contributed by atoms with van der Waals surface area (Å²) in [5.41, 5.74) is -0.892. The molecule has 1 aliphatic heterocycles. The Morgan fingerprint density at radius 2 is 1.62 bits per heavy atom. The van der Waals surface area contributed by atoms with Crippen molar-refractivity contribution in [2.24, 2.45) is 0 Å². The van der Waals surface area contributed by atoms with Crippen molar-refractivity contribution < 1.29 is 9.94 Å². The van der Waals surface area contributed by atoms with Gasteiger partial charge in [-0.3, -0.25) is 0 Å². The van der Waals surface area contributed by atoms with Gasteiger partial charge in [-0.2, -0.15) is 0 Å². The van der Waals surface area contributed by atoms with Crippen molar-refractivity contribution in [1.82, 2.24) is 5.06 Å². The van der Waals surface area contributed by atoms with Gasteiger partial charge in [0.05, 0.1) is 12.1 Å². The lowest BCUT2D eigenvalue weighted by molar-refractivity contribution is -0.296. The second kappa shape index (κ2) is 5.48. The highest BCUT2D eigenvalue weighted by molar-refractivity contribution is 4.93. The Balaban J connectivity index is 2.71. The molecule has 0 atom stereocenters. The number of hydrogen-bond acceptors (Lipinski definition) is 2. The molecular weight excluding hydrogens is 202 g/mol. The van der Waals surface area contributed by atoms with E-state index in [0.29, 0.717) is 6.61 Å². The van der Waals surface area contributed by atoms with Crippen molar-refractivity contribution in [3.05, 3.63) is 0 Å². The molecule has 0 aromatic heterocycles. The number of rotatable bonds is 6. The van der Waals surface area contributed by atoms with Crippen LogP contribution in [0.15, 0.2) is 0 Å². The highest BCUT2D eigenvalue weighted by Gasteiger charge is 2.51. The van der Waals surface area contributed by atoms with Crippen LogP contribution in [0, 0.1) is 0 Å². The maximum Gasteiger partial charge on any atom is 0.147 e. The first-order chi connectivity index (χ1) is 7.48. The molecule has 1 rings (SSSR count). The molecule has 0 saturated carbocycles. The Hall–Kier alpha value is -0.120. The third-order valence-electron chi connectivity index (χ3n) is 3.46. The summed E-state index contributed by atoms with van der Waals surface area (Å²) < 4.78 is 5.89. The molecule has 16 heavy (non-hydrogen) atoms. The van der Waals surface area contributed by atoms with Crippen molar-refractivity contribution in [1.29, 1.82) is 0 Å². The van der Waals surface area contributed by atoms with E-state index in [1.807, 2.05) is 13.8 Å². The van der Waals surface area contributed by atoms with Gasteiger partial charge in [0.15, 0.2) is 0 Å². The second-order valence-corrected chi connectivity index (χ2v) is 5.55.